The van der Waals surface area contributed by atoms with E-state index in [2.05, 4.69) is 20.8 Å². The fraction of sp³-hybridized carbons (Fsp3) is 0.943. The molecule has 236 valence electrons. The third-order valence-electron chi connectivity index (χ3n) is 14.1. The number of fused-ring (bicyclic) bond motifs is 4. The van der Waals surface area contributed by atoms with Crippen LogP contribution in [0.5, 0.6) is 0 Å². The van der Waals surface area contributed by atoms with E-state index in [0.717, 1.165) is 45.1 Å². The predicted octanol–water partition coefficient (Wildman–Crippen LogP) is 5.99. The van der Waals surface area contributed by atoms with E-state index in [1.165, 1.54) is 39.0 Å². The smallest absolute Gasteiger partial charge is 0.303 e. The molecule has 7 fully saturated rings. The third kappa shape index (κ3) is 4.11. The SMILES string of the molecule is CC(=O)O[C@@H](C1CCC2C(O1)C(=O)C1C3CCC4C(C)(C)[C@@H](OC5CCCCO5)CCC45C[C@@]35CCC21C)C(C)(C)O. The van der Waals surface area contributed by atoms with Crippen molar-refractivity contribution in [2.45, 2.75) is 155 Å². The number of hydrogen-bond donors (Lipinski definition) is 1. The first kappa shape index (κ1) is 29.7. The molecule has 2 saturated heterocycles. The Morgan fingerprint density at radius 3 is 2.43 bits per heavy atom. The molecule has 0 aromatic carbocycles. The van der Waals surface area contributed by atoms with E-state index in [-0.39, 0.29) is 40.5 Å². The molecular formula is C35H54O7. The first-order chi connectivity index (χ1) is 19.7. The van der Waals surface area contributed by atoms with Gasteiger partial charge in [-0.15, -0.1) is 0 Å². The number of carbonyl (C=O) groups is 2. The summed E-state index contributed by atoms with van der Waals surface area (Å²) in [5.41, 5.74) is -0.574. The van der Waals surface area contributed by atoms with Gasteiger partial charge in [-0.2, -0.15) is 0 Å². The average molecular weight is 587 g/mol. The molecule has 2 aliphatic heterocycles. The quantitative estimate of drug-likeness (QED) is 0.313. The predicted molar refractivity (Wildman–Crippen MR) is 156 cm³/mol. The molecule has 7 heteroatoms. The van der Waals surface area contributed by atoms with Crippen LogP contribution < -0.4 is 0 Å². The van der Waals surface area contributed by atoms with Crippen molar-refractivity contribution in [1.29, 1.82) is 0 Å². The zero-order valence-electron chi connectivity index (χ0n) is 26.8. The van der Waals surface area contributed by atoms with E-state index < -0.39 is 29.9 Å². The summed E-state index contributed by atoms with van der Waals surface area (Å²) in [5, 5.41) is 10.8. The fourth-order valence-electron chi connectivity index (χ4n) is 12.3. The molecule has 0 aromatic rings. The summed E-state index contributed by atoms with van der Waals surface area (Å²) in [6, 6.07) is 0. The number of Topliss-reactive ketones (excluding diaryl/α,β-unsaturated/α-hetero) is 1. The lowest BCUT2D eigenvalue weighted by molar-refractivity contribution is -0.237. The van der Waals surface area contributed by atoms with Crippen LogP contribution in [0.3, 0.4) is 0 Å². The summed E-state index contributed by atoms with van der Waals surface area (Å²) in [4.78, 5) is 26.4. The van der Waals surface area contributed by atoms with Crippen molar-refractivity contribution in [2.75, 3.05) is 6.61 Å². The Kier molecular flexibility index (Phi) is 6.88. The Morgan fingerprint density at radius 1 is 0.976 bits per heavy atom. The van der Waals surface area contributed by atoms with Gasteiger partial charge in [-0.1, -0.05) is 20.8 Å². The van der Waals surface area contributed by atoms with Crippen LogP contribution in [0.15, 0.2) is 0 Å². The first-order valence-electron chi connectivity index (χ1n) is 17.1. The van der Waals surface area contributed by atoms with Gasteiger partial charge >= 0.3 is 5.97 Å². The molecule has 2 heterocycles. The number of aliphatic hydroxyl groups is 1. The molecule has 5 saturated carbocycles. The molecule has 1 N–H and O–H groups in total. The molecule has 7 nitrogen and oxygen atoms in total. The minimum Gasteiger partial charge on any atom is -0.457 e. The van der Waals surface area contributed by atoms with Gasteiger partial charge in [-0.25, -0.2) is 0 Å². The molecule has 2 spiro atoms. The minimum atomic E-state index is -1.25. The van der Waals surface area contributed by atoms with Crippen molar-refractivity contribution < 1.29 is 33.6 Å². The average Bonchev–Trinajstić information content (AvgIpc) is 3.54. The van der Waals surface area contributed by atoms with Crippen LogP contribution in [-0.2, 0) is 28.5 Å². The van der Waals surface area contributed by atoms with Gasteiger partial charge in [0.1, 0.15) is 6.10 Å². The Morgan fingerprint density at radius 2 is 1.74 bits per heavy atom. The lowest BCUT2D eigenvalue weighted by Gasteiger charge is -2.59. The van der Waals surface area contributed by atoms with Crippen molar-refractivity contribution in [3.05, 3.63) is 0 Å². The van der Waals surface area contributed by atoms with E-state index in [9.17, 15) is 14.7 Å². The molecule has 9 unspecified atom stereocenters. The Labute approximate surface area is 252 Å². The van der Waals surface area contributed by atoms with Crippen LogP contribution in [0.1, 0.15) is 119 Å². The molecule has 0 amide bonds. The fourth-order valence-corrected chi connectivity index (χ4v) is 12.3. The molecule has 0 radical (unpaired) electrons. The van der Waals surface area contributed by atoms with Gasteiger partial charge in [-0.05, 0) is 130 Å². The lowest BCUT2D eigenvalue weighted by Crippen LogP contribution is -2.56. The van der Waals surface area contributed by atoms with Crippen molar-refractivity contribution >= 4 is 11.8 Å². The standard InChI is InChI=1S/C35H54O7/c1-20(36)40-30(32(4,5)38)23-12-10-22-29(41-23)28(37)27-21-11-13-24-31(2,3)25(42-26-9-7-8-18-39-26)14-15-35(24)19-34(21,35)17-16-33(22,27)6/h21-27,29-30,38H,7-19H2,1-6H3/t21?,22?,23?,24?,25-,26?,27?,29?,30-,33?,34-,35?/m0/s1. The molecule has 12 atom stereocenters. The van der Waals surface area contributed by atoms with Gasteiger partial charge in [-0.3, -0.25) is 9.59 Å². The maximum atomic E-state index is 14.5. The van der Waals surface area contributed by atoms with Gasteiger partial charge < -0.3 is 24.1 Å². The third-order valence-corrected chi connectivity index (χ3v) is 14.1. The van der Waals surface area contributed by atoms with E-state index in [1.807, 2.05) is 0 Å². The van der Waals surface area contributed by atoms with Crippen LogP contribution in [-0.4, -0.2) is 59.8 Å². The van der Waals surface area contributed by atoms with Crippen LogP contribution in [0, 0.1) is 45.3 Å². The largest absolute Gasteiger partial charge is 0.457 e. The molecule has 7 aliphatic rings. The lowest BCUT2D eigenvalue weighted by atomic mass is 9.46. The van der Waals surface area contributed by atoms with Crippen LogP contribution >= 0.6 is 0 Å². The Bertz CT molecular complexity index is 1110. The number of hydrogen-bond acceptors (Lipinski definition) is 7. The van der Waals surface area contributed by atoms with Crippen LogP contribution in [0.2, 0.25) is 0 Å². The molecule has 0 bridgehead atoms. The molecular weight excluding hydrogens is 532 g/mol. The second kappa shape index (κ2) is 9.74. The Balaban J connectivity index is 1.11. The van der Waals surface area contributed by atoms with Crippen LogP contribution in [0.4, 0.5) is 0 Å². The van der Waals surface area contributed by atoms with Gasteiger partial charge in [0.05, 0.1) is 17.8 Å². The zero-order chi connectivity index (χ0) is 29.9. The molecule has 42 heavy (non-hydrogen) atoms. The Hall–Kier alpha value is -1.02. The summed E-state index contributed by atoms with van der Waals surface area (Å²) < 4.78 is 24.9. The second-order valence-electron chi connectivity index (χ2n) is 16.9. The summed E-state index contributed by atoms with van der Waals surface area (Å²) in [6.45, 7) is 12.8. The van der Waals surface area contributed by atoms with Crippen molar-refractivity contribution in [3.63, 3.8) is 0 Å². The number of ether oxygens (including phenoxy) is 4. The maximum Gasteiger partial charge on any atom is 0.303 e. The summed E-state index contributed by atoms with van der Waals surface area (Å²) in [5.74, 6) is 1.16. The van der Waals surface area contributed by atoms with Crippen molar-refractivity contribution in [1.82, 2.24) is 0 Å². The second-order valence-corrected chi connectivity index (χ2v) is 16.9. The van der Waals surface area contributed by atoms with E-state index in [4.69, 9.17) is 18.9 Å². The van der Waals surface area contributed by atoms with Crippen LogP contribution in [0.25, 0.3) is 0 Å². The van der Waals surface area contributed by atoms with E-state index in [0.29, 0.717) is 29.5 Å². The highest BCUT2D eigenvalue weighted by Crippen LogP contribution is 2.87. The van der Waals surface area contributed by atoms with Gasteiger partial charge in [0.15, 0.2) is 18.2 Å². The number of carbonyl (C=O) groups excluding carboxylic acids is 2. The zero-order valence-corrected chi connectivity index (χ0v) is 26.8. The first-order valence-corrected chi connectivity index (χ1v) is 17.1. The summed E-state index contributed by atoms with van der Waals surface area (Å²) in [6.07, 6.45) is 11.6. The topological polar surface area (TPSA) is 91.3 Å². The number of esters is 1. The van der Waals surface area contributed by atoms with Gasteiger partial charge in [0, 0.05) is 19.4 Å². The normalized spacial score (nSPS) is 49.9. The number of ketones is 1. The van der Waals surface area contributed by atoms with E-state index >= 15 is 0 Å². The van der Waals surface area contributed by atoms with E-state index in [1.54, 1.807) is 13.8 Å². The molecule has 0 aromatic heterocycles. The molecule has 5 aliphatic carbocycles. The highest BCUT2D eigenvalue weighted by atomic mass is 16.7. The van der Waals surface area contributed by atoms with Crippen molar-refractivity contribution in [3.8, 4) is 0 Å². The van der Waals surface area contributed by atoms with Gasteiger partial charge in [0.25, 0.3) is 0 Å². The maximum absolute atomic E-state index is 14.5. The highest BCUT2D eigenvalue weighted by Gasteiger charge is 2.82. The monoisotopic (exact) mass is 586 g/mol. The summed E-state index contributed by atoms with van der Waals surface area (Å²) in [7, 11) is 0. The van der Waals surface area contributed by atoms with Gasteiger partial charge in [0.2, 0.25) is 0 Å². The number of rotatable bonds is 5. The van der Waals surface area contributed by atoms with Crippen molar-refractivity contribution in [2.24, 2.45) is 45.3 Å². The minimum absolute atomic E-state index is 0.0426. The molecule has 7 rings (SSSR count). The highest BCUT2D eigenvalue weighted by molar-refractivity contribution is 5.90. The summed E-state index contributed by atoms with van der Waals surface area (Å²) >= 11 is 0.